The van der Waals surface area contributed by atoms with Crippen LogP contribution in [0.3, 0.4) is 0 Å². The molecule has 2 unspecified atom stereocenters. The zero-order valence-electron chi connectivity index (χ0n) is 11.1. The molecule has 0 saturated heterocycles. The van der Waals surface area contributed by atoms with Gasteiger partial charge in [-0.25, -0.2) is 13.1 Å². The second-order valence-electron chi connectivity index (χ2n) is 4.11. The van der Waals surface area contributed by atoms with E-state index in [4.69, 9.17) is 4.74 Å². The Morgan fingerprint density at radius 3 is 2.50 bits per heavy atom. The summed E-state index contributed by atoms with van der Waals surface area (Å²) in [6, 6.07) is 6.78. The number of rotatable bonds is 6. The molecule has 102 valence electrons. The number of ether oxygens (including phenoxy) is 1. The van der Waals surface area contributed by atoms with Gasteiger partial charge in [0.15, 0.2) is 0 Å². The molecule has 0 amide bonds. The normalized spacial score (nSPS) is 15.1. The highest BCUT2D eigenvalue weighted by Crippen LogP contribution is 2.16. The van der Waals surface area contributed by atoms with Crippen LogP contribution in [0.5, 0.6) is 0 Å². The lowest BCUT2D eigenvalue weighted by Gasteiger charge is -2.21. The molecule has 0 radical (unpaired) electrons. The van der Waals surface area contributed by atoms with Crippen LogP contribution in [0, 0.1) is 0 Å². The summed E-state index contributed by atoms with van der Waals surface area (Å²) in [5.41, 5.74) is 0.753. The van der Waals surface area contributed by atoms with E-state index in [1.807, 2.05) is 19.9 Å². The molecule has 2 N–H and O–H groups in total. The first-order valence-corrected chi connectivity index (χ1v) is 7.22. The molecule has 0 aliphatic heterocycles. The quantitative estimate of drug-likeness (QED) is 0.822. The van der Waals surface area contributed by atoms with Crippen molar-refractivity contribution in [1.29, 1.82) is 0 Å². The second-order valence-corrected chi connectivity index (χ2v) is 6.00. The highest BCUT2D eigenvalue weighted by molar-refractivity contribution is 7.89. The maximum Gasteiger partial charge on any atom is 0.240 e. The molecular weight excluding hydrogens is 252 g/mol. The SMILES string of the molecule is CNS(=O)(=O)c1cccc(NC(C)C(C)OC)c1. The van der Waals surface area contributed by atoms with Crippen molar-refractivity contribution in [2.24, 2.45) is 0 Å². The smallest absolute Gasteiger partial charge is 0.240 e. The van der Waals surface area contributed by atoms with E-state index in [1.165, 1.54) is 7.05 Å². The molecule has 1 aromatic rings. The van der Waals surface area contributed by atoms with E-state index < -0.39 is 10.0 Å². The van der Waals surface area contributed by atoms with E-state index in [0.717, 1.165) is 5.69 Å². The molecule has 0 spiro atoms. The Hall–Kier alpha value is -1.11. The Labute approximate surface area is 109 Å². The molecular formula is C12H20N2O3S. The summed E-state index contributed by atoms with van der Waals surface area (Å²) < 4.78 is 30.8. The summed E-state index contributed by atoms with van der Waals surface area (Å²) >= 11 is 0. The first-order chi connectivity index (χ1) is 8.40. The second kappa shape index (κ2) is 6.17. The van der Waals surface area contributed by atoms with Gasteiger partial charge >= 0.3 is 0 Å². The van der Waals surface area contributed by atoms with Gasteiger partial charge in [0.2, 0.25) is 10.0 Å². The monoisotopic (exact) mass is 272 g/mol. The molecule has 6 heteroatoms. The third kappa shape index (κ3) is 3.69. The first kappa shape index (κ1) is 14.9. The number of hydrogen-bond acceptors (Lipinski definition) is 4. The molecule has 0 saturated carbocycles. The van der Waals surface area contributed by atoms with Crippen molar-refractivity contribution in [3.8, 4) is 0 Å². The van der Waals surface area contributed by atoms with Gasteiger partial charge in [-0.2, -0.15) is 0 Å². The number of methoxy groups -OCH3 is 1. The molecule has 0 aromatic heterocycles. The van der Waals surface area contributed by atoms with E-state index in [2.05, 4.69) is 10.0 Å². The lowest BCUT2D eigenvalue weighted by molar-refractivity contribution is 0.106. The molecule has 1 aromatic carbocycles. The van der Waals surface area contributed by atoms with E-state index in [1.54, 1.807) is 25.3 Å². The topological polar surface area (TPSA) is 67.4 Å². The average Bonchev–Trinajstić information content (AvgIpc) is 2.38. The zero-order chi connectivity index (χ0) is 13.8. The van der Waals surface area contributed by atoms with Crippen LogP contribution < -0.4 is 10.0 Å². The van der Waals surface area contributed by atoms with Crippen molar-refractivity contribution in [1.82, 2.24) is 4.72 Å². The Kier molecular flexibility index (Phi) is 5.13. The minimum atomic E-state index is -3.40. The van der Waals surface area contributed by atoms with Gasteiger partial charge < -0.3 is 10.1 Å². The van der Waals surface area contributed by atoms with Gasteiger partial charge in [-0.05, 0) is 39.1 Å². The summed E-state index contributed by atoms with van der Waals surface area (Å²) in [5.74, 6) is 0. The lowest BCUT2D eigenvalue weighted by Crippen LogP contribution is -2.29. The van der Waals surface area contributed by atoms with E-state index in [0.29, 0.717) is 0 Å². The fraction of sp³-hybridized carbons (Fsp3) is 0.500. The van der Waals surface area contributed by atoms with Gasteiger partial charge in [0, 0.05) is 18.8 Å². The maximum atomic E-state index is 11.7. The zero-order valence-corrected chi connectivity index (χ0v) is 11.9. The van der Waals surface area contributed by atoms with Crippen LogP contribution in [0.4, 0.5) is 5.69 Å². The summed E-state index contributed by atoms with van der Waals surface area (Å²) in [5, 5.41) is 3.21. The Morgan fingerprint density at radius 1 is 1.28 bits per heavy atom. The van der Waals surface area contributed by atoms with Gasteiger partial charge in [0.1, 0.15) is 0 Å². The molecule has 18 heavy (non-hydrogen) atoms. The molecule has 2 atom stereocenters. The number of anilines is 1. The fourth-order valence-corrected chi connectivity index (χ4v) is 2.23. The average molecular weight is 272 g/mol. The minimum Gasteiger partial charge on any atom is -0.380 e. The van der Waals surface area contributed by atoms with Crippen molar-refractivity contribution in [3.05, 3.63) is 24.3 Å². The van der Waals surface area contributed by atoms with Crippen LogP contribution in [0.25, 0.3) is 0 Å². The van der Waals surface area contributed by atoms with E-state index >= 15 is 0 Å². The molecule has 0 heterocycles. The largest absolute Gasteiger partial charge is 0.380 e. The molecule has 5 nitrogen and oxygen atoms in total. The van der Waals surface area contributed by atoms with Crippen LogP contribution in [0.15, 0.2) is 29.2 Å². The molecule has 0 aliphatic rings. The maximum absolute atomic E-state index is 11.7. The van der Waals surface area contributed by atoms with Crippen molar-refractivity contribution < 1.29 is 13.2 Å². The third-order valence-electron chi connectivity index (χ3n) is 2.88. The molecule has 0 fully saturated rings. The molecule has 1 rings (SSSR count). The third-order valence-corrected chi connectivity index (χ3v) is 4.30. The van der Waals surface area contributed by atoms with Crippen LogP contribution in [0.2, 0.25) is 0 Å². The van der Waals surface area contributed by atoms with Crippen molar-refractivity contribution in [2.75, 3.05) is 19.5 Å². The predicted octanol–water partition coefficient (Wildman–Crippen LogP) is 1.43. The standard InChI is InChI=1S/C12H20N2O3S/c1-9(10(2)17-4)14-11-6-5-7-12(8-11)18(15,16)13-3/h5-10,13-14H,1-4H3. The summed E-state index contributed by atoms with van der Waals surface area (Å²) in [6.07, 6.45) is 0.0366. The van der Waals surface area contributed by atoms with Gasteiger partial charge in [-0.3, -0.25) is 0 Å². The van der Waals surface area contributed by atoms with Gasteiger partial charge in [-0.15, -0.1) is 0 Å². The van der Waals surface area contributed by atoms with Crippen LogP contribution in [-0.4, -0.2) is 34.7 Å². The van der Waals surface area contributed by atoms with Crippen LogP contribution in [0.1, 0.15) is 13.8 Å². The summed E-state index contributed by atoms with van der Waals surface area (Å²) in [7, 11) is -0.366. The van der Waals surface area contributed by atoms with Crippen molar-refractivity contribution >= 4 is 15.7 Å². The highest BCUT2D eigenvalue weighted by atomic mass is 32.2. The number of sulfonamides is 1. The molecule has 0 bridgehead atoms. The van der Waals surface area contributed by atoms with Crippen molar-refractivity contribution in [3.63, 3.8) is 0 Å². The number of benzene rings is 1. The molecule has 0 aliphatic carbocycles. The summed E-state index contributed by atoms with van der Waals surface area (Å²) in [4.78, 5) is 0.243. The Morgan fingerprint density at radius 2 is 1.94 bits per heavy atom. The number of nitrogens with one attached hydrogen (secondary N) is 2. The minimum absolute atomic E-state index is 0.0366. The van der Waals surface area contributed by atoms with E-state index in [-0.39, 0.29) is 17.0 Å². The summed E-state index contributed by atoms with van der Waals surface area (Å²) in [6.45, 7) is 3.93. The number of hydrogen-bond donors (Lipinski definition) is 2. The van der Waals surface area contributed by atoms with E-state index in [9.17, 15) is 8.42 Å². The van der Waals surface area contributed by atoms with Gasteiger partial charge in [0.05, 0.1) is 11.0 Å². The van der Waals surface area contributed by atoms with Gasteiger partial charge in [0.25, 0.3) is 0 Å². The van der Waals surface area contributed by atoms with Crippen LogP contribution in [-0.2, 0) is 14.8 Å². The predicted molar refractivity (Wildman–Crippen MR) is 72.2 cm³/mol. The lowest BCUT2D eigenvalue weighted by atomic mass is 10.2. The highest BCUT2D eigenvalue weighted by Gasteiger charge is 2.14. The fourth-order valence-electron chi connectivity index (χ4n) is 1.46. The Balaban J connectivity index is 2.90. The van der Waals surface area contributed by atoms with Crippen molar-refractivity contribution in [2.45, 2.75) is 30.9 Å². The van der Waals surface area contributed by atoms with Crippen LogP contribution >= 0.6 is 0 Å². The Bertz CT molecular complexity index is 488. The van der Waals surface area contributed by atoms with Gasteiger partial charge in [-0.1, -0.05) is 6.07 Å². The first-order valence-electron chi connectivity index (χ1n) is 5.73.